The van der Waals surface area contributed by atoms with Crippen LogP contribution in [-0.2, 0) is 4.43 Å². The summed E-state index contributed by atoms with van der Waals surface area (Å²) >= 11 is 2.43. The van der Waals surface area contributed by atoms with Gasteiger partial charge in [-0.2, -0.15) is 0 Å². The molecule has 0 spiro atoms. The molecule has 0 heterocycles. The molecule has 0 amide bonds. The van der Waals surface area contributed by atoms with Gasteiger partial charge < -0.3 is 4.43 Å². The summed E-state index contributed by atoms with van der Waals surface area (Å²) in [6.07, 6.45) is 8.18. The van der Waals surface area contributed by atoms with Crippen molar-refractivity contribution in [2.75, 3.05) is 11.0 Å². The van der Waals surface area contributed by atoms with E-state index in [1.165, 1.54) is 22.0 Å². The van der Waals surface area contributed by atoms with Crippen molar-refractivity contribution in [2.45, 2.75) is 72.0 Å². The number of allylic oxidation sites excluding steroid dienone is 3. The first-order chi connectivity index (χ1) is 9.10. The maximum atomic E-state index is 6.18. The van der Waals surface area contributed by atoms with Gasteiger partial charge in [-0.15, -0.1) is 0 Å². The van der Waals surface area contributed by atoms with E-state index in [9.17, 15) is 0 Å². The van der Waals surface area contributed by atoms with Crippen molar-refractivity contribution in [1.82, 2.24) is 0 Å². The van der Waals surface area contributed by atoms with Crippen molar-refractivity contribution in [3.63, 3.8) is 0 Å². The van der Waals surface area contributed by atoms with Gasteiger partial charge in [0.05, 0.1) is 6.61 Å². The molecule has 0 unspecified atom stereocenters. The first-order valence-corrected chi connectivity index (χ1v) is 12.0. The summed E-state index contributed by atoms with van der Waals surface area (Å²) in [6, 6.07) is 0. The van der Waals surface area contributed by atoms with Crippen LogP contribution in [0.3, 0.4) is 0 Å². The van der Waals surface area contributed by atoms with E-state index in [1.807, 2.05) is 0 Å². The standard InChI is InChI=1S/C17H33IOSi/c1-15(11-13-18)9-8-10-16(2)12-14-19-20(6,7)17(3,4)5/h9,12H,8,10-11,13-14H2,1-7H3/b15-9+,16-12+. The lowest BCUT2D eigenvalue weighted by molar-refractivity contribution is 0.327. The molecule has 0 aromatic carbocycles. The van der Waals surface area contributed by atoms with Crippen LogP contribution in [0.15, 0.2) is 23.3 Å². The van der Waals surface area contributed by atoms with Gasteiger partial charge in [0.25, 0.3) is 0 Å². The molecule has 0 bridgehead atoms. The van der Waals surface area contributed by atoms with Crippen LogP contribution in [0.5, 0.6) is 0 Å². The fourth-order valence-electron chi connectivity index (χ4n) is 1.51. The zero-order chi connectivity index (χ0) is 15.8. The van der Waals surface area contributed by atoms with E-state index in [1.54, 1.807) is 0 Å². The topological polar surface area (TPSA) is 9.23 Å². The van der Waals surface area contributed by atoms with Gasteiger partial charge in [-0.25, -0.2) is 0 Å². The second-order valence-electron chi connectivity index (χ2n) is 7.15. The quantitative estimate of drug-likeness (QED) is 0.193. The maximum absolute atomic E-state index is 6.18. The SMILES string of the molecule is C/C(=C\CC/C(C)=C/CO[Si](C)(C)C(C)(C)C)CCI. The van der Waals surface area contributed by atoms with Crippen LogP contribution in [0.2, 0.25) is 18.1 Å². The molecular weight excluding hydrogens is 375 g/mol. The second kappa shape index (κ2) is 9.41. The van der Waals surface area contributed by atoms with Crippen molar-refractivity contribution in [3.05, 3.63) is 23.3 Å². The molecule has 0 atom stereocenters. The molecule has 0 saturated carbocycles. The molecule has 0 aliphatic heterocycles. The van der Waals surface area contributed by atoms with Crippen LogP contribution in [0.4, 0.5) is 0 Å². The Hall–Kier alpha value is 0.387. The van der Waals surface area contributed by atoms with Gasteiger partial charge in [-0.05, 0) is 51.2 Å². The Bertz CT molecular complexity index is 337. The van der Waals surface area contributed by atoms with E-state index < -0.39 is 8.32 Å². The summed E-state index contributed by atoms with van der Waals surface area (Å²) in [5, 5.41) is 0.300. The van der Waals surface area contributed by atoms with Crippen LogP contribution < -0.4 is 0 Å². The minimum absolute atomic E-state index is 0.300. The Morgan fingerprint density at radius 2 is 1.60 bits per heavy atom. The number of hydrogen-bond acceptors (Lipinski definition) is 1. The molecule has 0 rings (SSSR count). The van der Waals surface area contributed by atoms with E-state index in [0.29, 0.717) is 5.04 Å². The molecule has 0 N–H and O–H groups in total. The molecule has 0 aliphatic rings. The summed E-state index contributed by atoms with van der Waals surface area (Å²) in [6.45, 7) is 16.7. The molecule has 0 aromatic rings. The van der Waals surface area contributed by atoms with E-state index in [2.05, 4.69) is 82.5 Å². The van der Waals surface area contributed by atoms with Crippen molar-refractivity contribution >= 4 is 30.9 Å². The monoisotopic (exact) mass is 408 g/mol. The molecule has 3 heteroatoms. The maximum Gasteiger partial charge on any atom is 0.192 e. The average molecular weight is 408 g/mol. The minimum atomic E-state index is -1.59. The van der Waals surface area contributed by atoms with E-state index in [0.717, 1.165) is 19.4 Å². The molecule has 0 saturated heterocycles. The zero-order valence-corrected chi connectivity index (χ0v) is 17.6. The zero-order valence-electron chi connectivity index (χ0n) is 14.5. The average Bonchev–Trinajstić information content (AvgIpc) is 2.27. The van der Waals surface area contributed by atoms with Gasteiger partial charge >= 0.3 is 0 Å². The molecule has 0 aliphatic carbocycles. The van der Waals surface area contributed by atoms with Crippen LogP contribution in [0.1, 0.15) is 53.9 Å². The largest absolute Gasteiger partial charge is 0.413 e. The summed E-state index contributed by atoms with van der Waals surface area (Å²) in [5.74, 6) is 0. The number of hydrogen-bond donors (Lipinski definition) is 0. The Kier molecular flexibility index (Phi) is 9.60. The first-order valence-electron chi connectivity index (χ1n) is 7.61. The van der Waals surface area contributed by atoms with Gasteiger partial charge in [-0.1, -0.05) is 66.7 Å². The third-order valence-electron chi connectivity index (χ3n) is 4.20. The van der Waals surface area contributed by atoms with E-state index >= 15 is 0 Å². The summed E-state index contributed by atoms with van der Waals surface area (Å²) in [5.41, 5.74) is 2.96. The molecule has 0 aromatic heterocycles. The minimum Gasteiger partial charge on any atom is -0.413 e. The Morgan fingerprint density at radius 3 is 2.10 bits per heavy atom. The Balaban J connectivity index is 4.13. The molecule has 118 valence electrons. The lowest BCUT2D eigenvalue weighted by Gasteiger charge is -2.35. The van der Waals surface area contributed by atoms with Crippen molar-refractivity contribution in [1.29, 1.82) is 0 Å². The summed E-state index contributed by atoms with van der Waals surface area (Å²) < 4.78 is 7.39. The molecule has 0 radical (unpaired) electrons. The lowest BCUT2D eigenvalue weighted by Crippen LogP contribution is -2.40. The van der Waals surface area contributed by atoms with Crippen molar-refractivity contribution < 1.29 is 4.43 Å². The number of alkyl halides is 1. The van der Waals surface area contributed by atoms with Gasteiger partial charge in [-0.3, -0.25) is 0 Å². The number of halogens is 1. The van der Waals surface area contributed by atoms with E-state index in [4.69, 9.17) is 4.43 Å². The molecule has 0 fully saturated rings. The predicted octanol–water partition coefficient (Wildman–Crippen LogP) is 6.51. The Labute approximate surface area is 141 Å². The normalized spacial score (nSPS) is 14.8. The van der Waals surface area contributed by atoms with Crippen molar-refractivity contribution in [2.24, 2.45) is 0 Å². The van der Waals surface area contributed by atoms with E-state index in [-0.39, 0.29) is 0 Å². The third-order valence-corrected chi connectivity index (χ3v) is 9.24. The molecule has 1 nitrogen and oxygen atoms in total. The highest BCUT2D eigenvalue weighted by atomic mass is 127. The lowest BCUT2D eigenvalue weighted by atomic mass is 10.1. The van der Waals surface area contributed by atoms with Gasteiger partial charge in [0, 0.05) is 4.43 Å². The van der Waals surface area contributed by atoms with Gasteiger partial charge in [0.1, 0.15) is 0 Å². The van der Waals surface area contributed by atoms with Gasteiger partial charge in [0.2, 0.25) is 0 Å². The Morgan fingerprint density at radius 1 is 1.05 bits per heavy atom. The smallest absolute Gasteiger partial charge is 0.192 e. The highest BCUT2D eigenvalue weighted by molar-refractivity contribution is 14.1. The summed E-state index contributed by atoms with van der Waals surface area (Å²) in [7, 11) is -1.59. The molecular formula is C17H33IOSi. The first kappa shape index (κ1) is 20.4. The van der Waals surface area contributed by atoms with Crippen LogP contribution in [0, 0.1) is 0 Å². The van der Waals surface area contributed by atoms with Crippen LogP contribution in [-0.4, -0.2) is 19.4 Å². The summed E-state index contributed by atoms with van der Waals surface area (Å²) in [4.78, 5) is 0. The van der Waals surface area contributed by atoms with Crippen LogP contribution in [0.25, 0.3) is 0 Å². The molecule has 20 heavy (non-hydrogen) atoms. The van der Waals surface area contributed by atoms with Crippen molar-refractivity contribution in [3.8, 4) is 0 Å². The number of rotatable bonds is 8. The van der Waals surface area contributed by atoms with Gasteiger partial charge in [0.15, 0.2) is 8.32 Å². The highest BCUT2D eigenvalue weighted by Gasteiger charge is 2.36. The fourth-order valence-corrected chi connectivity index (χ4v) is 3.29. The fraction of sp³-hybridized carbons (Fsp3) is 0.765. The highest BCUT2D eigenvalue weighted by Crippen LogP contribution is 2.36. The third kappa shape index (κ3) is 8.62. The van der Waals surface area contributed by atoms with Crippen LogP contribution >= 0.6 is 22.6 Å². The predicted molar refractivity (Wildman–Crippen MR) is 103 cm³/mol. The second-order valence-corrected chi connectivity index (χ2v) is 13.0.